The van der Waals surface area contributed by atoms with E-state index in [0.29, 0.717) is 19.3 Å². The van der Waals surface area contributed by atoms with Gasteiger partial charge in [0.2, 0.25) is 53.2 Å². The first-order valence-corrected chi connectivity index (χ1v) is 29.1. The Hall–Kier alpha value is -9.76. The molecule has 0 rings (SSSR count). The van der Waals surface area contributed by atoms with Gasteiger partial charge in [-0.15, -0.1) is 0 Å². The van der Waals surface area contributed by atoms with Crippen molar-refractivity contribution in [2.45, 2.75) is 170 Å². The van der Waals surface area contributed by atoms with Gasteiger partial charge in [-0.05, 0) is 116 Å². The zero-order chi connectivity index (χ0) is 68.3. The van der Waals surface area contributed by atoms with Gasteiger partial charge < -0.3 is 134 Å². The molecule has 9 amide bonds. The van der Waals surface area contributed by atoms with Gasteiger partial charge in [0.1, 0.15) is 48.3 Å². The Bertz CT molecular complexity index is 2490. The summed E-state index contributed by atoms with van der Waals surface area (Å²) < 4.78 is 0. The molecule has 0 heterocycles. The number of primary amides is 1. The van der Waals surface area contributed by atoms with Crippen molar-refractivity contribution < 1.29 is 53.1 Å². The van der Waals surface area contributed by atoms with E-state index in [0.717, 1.165) is 0 Å². The van der Waals surface area contributed by atoms with Gasteiger partial charge in [0, 0.05) is 45.7 Å². The highest BCUT2D eigenvalue weighted by molar-refractivity contribution is 5.98. The highest BCUT2D eigenvalue weighted by Crippen LogP contribution is 2.11. The molecule has 0 fully saturated rings. The normalized spacial score (nSPS) is 13.7. The van der Waals surface area contributed by atoms with Gasteiger partial charge in [-0.1, -0.05) is 0 Å². The number of carboxylic acid groups (broad SMARTS) is 1. The van der Waals surface area contributed by atoms with Crippen molar-refractivity contribution in [3.05, 3.63) is 0 Å². The van der Waals surface area contributed by atoms with Crippen molar-refractivity contribution in [3.63, 3.8) is 0 Å². The second kappa shape index (κ2) is 45.5. The number of nitrogens with two attached hydrogens (primary N) is 15. The van der Waals surface area contributed by atoms with Crippen LogP contribution < -0.4 is 129 Å². The maximum absolute atomic E-state index is 14.5. The summed E-state index contributed by atoms with van der Waals surface area (Å²) in [4.78, 5) is 160. The molecular weight excluding hydrogens is 1180 g/mol. The number of hydrogen-bond acceptors (Lipinski definition) is 18. The molecule has 0 saturated carbocycles. The van der Waals surface area contributed by atoms with E-state index in [1.807, 2.05) is 0 Å². The van der Waals surface area contributed by atoms with Crippen molar-refractivity contribution >= 4 is 94.9 Å². The van der Waals surface area contributed by atoms with Gasteiger partial charge in [-0.2, -0.15) is 0 Å². The molecule has 0 aliphatic heterocycles. The third-order valence-electron chi connectivity index (χ3n) is 12.8. The van der Waals surface area contributed by atoms with Crippen LogP contribution in [0.3, 0.4) is 0 Å². The smallest absolute Gasteiger partial charge is 0.326 e. The molecule has 0 aromatic carbocycles. The summed E-state index contributed by atoms with van der Waals surface area (Å²) in [6, 6.07) is -12.8. The van der Waals surface area contributed by atoms with E-state index < -0.39 is 126 Å². The Balaban J connectivity index is 7.19. The minimum atomic E-state index is -1.68. The number of amides is 9. The van der Waals surface area contributed by atoms with Crippen molar-refractivity contribution in [2.75, 3.05) is 45.8 Å². The van der Waals surface area contributed by atoms with E-state index in [-0.39, 0.29) is 159 Å². The van der Waals surface area contributed by atoms with E-state index in [1.165, 1.54) is 6.92 Å². The minimum absolute atomic E-state index is 0.0186. The minimum Gasteiger partial charge on any atom is -0.480 e. The number of aliphatic carboxylic acids is 1. The largest absolute Gasteiger partial charge is 0.480 e. The molecule has 0 aliphatic rings. The van der Waals surface area contributed by atoms with Crippen molar-refractivity contribution in [1.82, 2.24) is 42.5 Å². The number of rotatable bonds is 48. The van der Waals surface area contributed by atoms with Crippen LogP contribution in [0, 0.1) is 0 Å². The first-order chi connectivity index (χ1) is 42.4. The Labute approximate surface area is 521 Å². The molecule has 0 saturated heterocycles. The lowest BCUT2D eigenvalue weighted by atomic mass is 10.0. The lowest BCUT2D eigenvalue weighted by Crippen LogP contribution is -2.60. The van der Waals surface area contributed by atoms with Gasteiger partial charge in [0.05, 0.1) is 6.04 Å². The Morgan fingerprint density at radius 3 is 0.856 bits per heavy atom. The maximum Gasteiger partial charge on any atom is 0.326 e. The van der Waals surface area contributed by atoms with Crippen LogP contribution in [0.1, 0.15) is 116 Å². The summed E-state index contributed by atoms with van der Waals surface area (Å²) in [6.07, 6.45) is -0.00991. The number of carbonyl (C=O) groups is 10. The lowest BCUT2D eigenvalue weighted by Gasteiger charge is -2.28. The topological polar surface area (TPSA) is 752 Å². The van der Waals surface area contributed by atoms with E-state index in [4.69, 9.17) is 86.0 Å². The highest BCUT2D eigenvalue weighted by atomic mass is 16.4. The fraction of sp³-hybridized carbons (Fsp3) is 0.680. The van der Waals surface area contributed by atoms with Crippen LogP contribution in [0.15, 0.2) is 30.0 Å². The summed E-state index contributed by atoms with van der Waals surface area (Å²) in [7, 11) is 0. The average Bonchev–Trinajstić information content (AvgIpc) is 1.76. The predicted molar refractivity (Wildman–Crippen MR) is 338 cm³/mol. The standard InChI is InChI=1S/C50H99N29O11/c1-26(72-38(83)28(11-2-3-19-51)74-37(82)27(52)10-4-20-66-45(54)55)36(81)73-29(12-5-21-67-46(56)57)39(84)75-31(14-7-23-69-48(60)61)41(86)78-33(17-18-35(53)80)43(88)77-30(13-6-22-68-47(58)59)40(85)76-32(15-8-24-70-49(62)63)42(87)79-34(44(89)90)16-9-25-71-50(64)65/h26-34H,2-25,51-52H2,1H3,(H2,53,80)(H,72,83)(H,73,81)(H,74,82)(H,75,84)(H,76,85)(H,77,88)(H,78,86)(H,79,87)(H,89,90)(H4,54,55,66)(H4,56,57,67)(H4,58,59,68)(H4,60,61,69)(H4,62,63,70)(H4,64,65,71)/t26-,27+,28-,29-,30-,31+,32-,33-,34+/m0/s1. The SMILES string of the molecule is C[C@H](NC(=O)[C@H](CCCCN)NC(=O)[C@H](N)CCCN=C(N)N)C(=O)N[C@@H](CCCN=C(N)N)C(=O)N[C@H](CCCN=C(N)N)C(=O)N[C@@H](CCC(N)=O)C(=O)N[C@@H](CCCN=C(N)N)C(=O)N[C@@H](CCCN=C(N)N)C(=O)N[C@H](CCCN=C(N)N)C(=O)O. The number of nitrogens with one attached hydrogen (secondary N) is 8. The fourth-order valence-corrected chi connectivity index (χ4v) is 8.13. The number of aliphatic imine (C=N–C) groups is 6. The molecule has 0 aromatic rings. The molecule has 40 heteroatoms. The van der Waals surface area contributed by atoms with Crippen LogP contribution in [-0.2, 0) is 47.9 Å². The summed E-state index contributed by atoms with van der Waals surface area (Å²) in [6.45, 7) is 1.67. The third kappa shape index (κ3) is 38.4. The van der Waals surface area contributed by atoms with Gasteiger partial charge >= 0.3 is 5.97 Å². The molecular formula is C50H99N29O11. The molecule has 0 bridgehead atoms. The van der Waals surface area contributed by atoms with E-state index in [1.54, 1.807) is 0 Å². The van der Waals surface area contributed by atoms with Crippen molar-refractivity contribution in [1.29, 1.82) is 0 Å². The highest BCUT2D eigenvalue weighted by Gasteiger charge is 2.35. The number of carboxylic acids is 1. The molecule has 0 radical (unpaired) electrons. The van der Waals surface area contributed by atoms with Crippen LogP contribution >= 0.6 is 0 Å². The van der Waals surface area contributed by atoms with Crippen molar-refractivity contribution in [2.24, 2.45) is 116 Å². The summed E-state index contributed by atoms with van der Waals surface area (Å²) in [5.41, 5.74) is 82.8. The van der Waals surface area contributed by atoms with Crippen LogP contribution in [0.25, 0.3) is 0 Å². The molecule has 90 heavy (non-hydrogen) atoms. The molecule has 0 aromatic heterocycles. The van der Waals surface area contributed by atoms with E-state index >= 15 is 0 Å². The molecule has 0 aliphatic carbocycles. The number of nitrogens with zero attached hydrogens (tertiary/aromatic N) is 6. The Morgan fingerprint density at radius 1 is 0.322 bits per heavy atom. The number of hydrogen-bond donors (Lipinski definition) is 24. The maximum atomic E-state index is 14.5. The molecule has 510 valence electrons. The van der Waals surface area contributed by atoms with Crippen LogP contribution in [0.2, 0.25) is 0 Å². The second-order valence-corrected chi connectivity index (χ2v) is 20.6. The molecule has 0 spiro atoms. The molecule has 0 unspecified atom stereocenters. The van der Waals surface area contributed by atoms with Gasteiger partial charge in [0.25, 0.3) is 0 Å². The molecule has 40 nitrogen and oxygen atoms in total. The van der Waals surface area contributed by atoms with Crippen LogP contribution in [-0.4, -0.2) is 200 Å². The fourth-order valence-electron chi connectivity index (χ4n) is 8.13. The average molecular weight is 1280 g/mol. The van der Waals surface area contributed by atoms with Crippen molar-refractivity contribution in [3.8, 4) is 0 Å². The zero-order valence-corrected chi connectivity index (χ0v) is 51.0. The zero-order valence-electron chi connectivity index (χ0n) is 51.0. The van der Waals surface area contributed by atoms with Crippen LogP contribution in [0.4, 0.5) is 0 Å². The van der Waals surface area contributed by atoms with Gasteiger partial charge in [-0.25, -0.2) is 4.79 Å². The summed E-state index contributed by atoms with van der Waals surface area (Å²) in [5, 5.41) is 30.2. The van der Waals surface area contributed by atoms with Gasteiger partial charge in [-0.3, -0.25) is 73.1 Å². The molecule has 39 N–H and O–H groups in total. The summed E-state index contributed by atoms with van der Waals surface area (Å²) in [5.74, 6) is -11.1. The first kappa shape index (κ1) is 80.2. The number of guanidine groups is 6. The first-order valence-electron chi connectivity index (χ1n) is 29.1. The molecule has 9 atom stereocenters. The number of carbonyl (C=O) groups excluding carboxylic acids is 9. The summed E-state index contributed by atoms with van der Waals surface area (Å²) >= 11 is 0. The van der Waals surface area contributed by atoms with E-state index in [9.17, 15) is 53.1 Å². The third-order valence-corrected chi connectivity index (χ3v) is 12.8. The second-order valence-electron chi connectivity index (χ2n) is 20.6. The number of unbranched alkanes of at least 4 members (excludes halogenated alkanes) is 1. The van der Waals surface area contributed by atoms with E-state index in [2.05, 4.69) is 72.5 Å². The Kier molecular flexibility index (Phi) is 40.6. The predicted octanol–water partition coefficient (Wildman–Crippen LogP) is -11.0. The lowest BCUT2D eigenvalue weighted by molar-refractivity contribution is -0.142. The van der Waals surface area contributed by atoms with Crippen LogP contribution in [0.5, 0.6) is 0 Å². The monoisotopic (exact) mass is 1280 g/mol. The Morgan fingerprint density at radius 2 is 0.567 bits per heavy atom. The van der Waals surface area contributed by atoms with Gasteiger partial charge in [0.15, 0.2) is 35.8 Å². The quantitative estimate of drug-likeness (QED) is 0.0153.